The van der Waals surface area contributed by atoms with Gasteiger partial charge in [-0.05, 0) is 24.1 Å². The number of hydrogen-bond acceptors (Lipinski definition) is 2. The number of ether oxygens (including phenoxy) is 1. The number of hydrogen-bond donors (Lipinski definition) is 1. The number of anilines is 1. The van der Waals surface area contributed by atoms with Crippen molar-refractivity contribution in [3.63, 3.8) is 0 Å². The number of nitrogens with one attached hydrogen (secondary N) is 1. The van der Waals surface area contributed by atoms with E-state index in [4.69, 9.17) is 4.74 Å². The quantitative estimate of drug-likeness (QED) is 0.918. The lowest BCUT2D eigenvalue weighted by atomic mass is 9.98. The van der Waals surface area contributed by atoms with Gasteiger partial charge in [-0.15, -0.1) is 0 Å². The molecule has 0 radical (unpaired) electrons. The van der Waals surface area contributed by atoms with Crippen LogP contribution in [0.25, 0.3) is 0 Å². The van der Waals surface area contributed by atoms with Crippen molar-refractivity contribution in [1.82, 2.24) is 0 Å². The Morgan fingerprint density at radius 1 is 1.20 bits per heavy atom. The number of benzene rings is 2. The topological polar surface area (TPSA) is 21.3 Å². The molecule has 0 aromatic heterocycles. The van der Waals surface area contributed by atoms with Crippen LogP contribution in [0.3, 0.4) is 0 Å². The summed E-state index contributed by atoms with van der Waals surface area (Å²) in [6.07, 6.45) is -0.609. The zero-order valence-corrected chi connectivity index (χ0v) is 11.1. The summed E-state index contributed by atoms with van der Waals surface area (Å²) >= 11 is 0. The fraction of sp³-hybridized carbons (Fsp3) is 0.250. The van der Waals surface area contributed by atoms with Crippen LogP contribution in [0.4, 0.5) is 14.5 Å². The fourth-order valence-corrected chi connectivity index (χ4v) is 2.59. The summed E-state index contributed by atoms with van der Waals surface area (Å²) in [6, 6.07) is 9.70. The van der Waals surface area contributed by atoms with E-state index in [1.54, 1.807) is 12.1 Å². The van der Waals surface area contributed by atoms with Gasteiger partial charge in [-0.1, -0.05) is 18.2 Å². The Labute approximate surface area is 116 Å². The first-order valence-electron chi connectivity index (χ1n) is 6.54. The molecule has 3 rings (SSSR count). The second kappa shape index (κ2) is 5.12. The van der Waals surface area contributed by atoms with Crippen molar-refractivity contribution in [2.45, 2.75) is 12.6 Å². The van der Waals surface area contributed by atoms with Gasteiger partial charge in [0, 0.05) is 29.4 Å². The number of alkyl halides is 1. The van der Waals surface area contributed by atoms with Crippen LogP contribution >= 0.6 is 0 Å². The highest BCUT2D eigenvalue weighted by atomic mass is 19.1. The number of rotatable bonds is 3. The Bertz CT molecular complexity index is 642. The van der Waals surface area contributed by atoms with E-state index in [1.807, 2.05) is 12.1 Å². The minimum absolute atomic E-state index is 0.0351. The molecule has 1 N–H and O–H groups in total. The maximum Gasteiger partial charge on any atom is 0.155 e. The summed E-state index contributed by atoms with van der Waals surface area (Å²) in [5.41, 5.74) is 2.41. The third-order valence-electron chi connectivity index (χ3n) is 3.63. The lowest BCUT2D eigenvalue weighted by Crippen LogP contribution is -2.02. The second-order valence-corrected chi connectivity index (χ2v) is 4.81. The largest absolute Gasteiger partial charge is 0.497 e. The van der Waals surface area contributed by atoms with Crippen LogP contribution < -0.4 is 10.1 Å². The maximum atomic E-state index is 14.7. The molecule has 2 aromatic carbocycles. The highest BCUT2D eigenvalue weighted by molar-refractivity contribution is 5.63. The Morgan fingerprint density at radius 2 is 2.05 bits per heavy atom. The molecule has 0 bridgehead atoms. The minimum atomic E-state index is -1.48. The van der Waals surface area contributed by atoms with Crippen molar-refractivity contribution in [2.75, 3.05) is 19.0 Å². The Hall–Kier alpha value is -2.10. The van der Waals surface area contributed by atoms with Crippen LogP contribution in [-0.4, -0.2) is 13.7 Å². The summed E-state index contributed by atoms with van der Waals surface area (Å²) in [5.74, 6) is -0.206. The van der Waals surface area contributed by atoms with Crippen LogP contribution in [-0.2, 0) is 6.42 Å². The first-order chi connectivity index (χ1) is 9.70. The lowest BCUT2D eigenvalue weighted by molar-refractivity contribution is 0.382. The van der Waals surface area contributed by atoms with Gasteiger partial charge in [0.05, 0.1) is 7.11 Å². The second-order valence-electron chi connectivity index (χ2n) is 4.81. The number of halogens is 2. The zero-order chi connectivity index (χ0) is 14.1. The average Bonchev–Trinajstić information content (AvgIpc) is 2.94. The van der Waals surface area contributed by atoms with Gasteiger partial charge in [0.2, 0.25) is 0 Å². The van der Waals surface area contributed by atoms with Gasteiger partial charge in [-0.2, -0.15) is 0 Å². The molecule has 1 aliphatic heterocycles. The Balaban J connectivity index is 2.01. The van der Waals surface area contributed by atoms with Crippen molar-refractivity contribution in [3.8, 4) is 5.75 Å². The summed E-state index contributed by atoms with van der Waals surface area (Å²) < 4.78 is 33.6. The third-order valence-corrected chi connectivity index (χ3v) is 3.63. The van der Waals surface area contributed by atoms with Crippen LogP contribution in [0.1, 0.15) is 22.9 Å². The molecule has 1 unspecified atom stereocenters. The molecule has 104 valence electrons. The van der Waals surface area contributed by atoms with Gasteiger partial charge in [0.1, 0.15) is 11.6 Å². The van der Waals surface area contributed by atoms with E-state index in [1.165, 1.54) is 19.2 Å². The third kappa shape index (κ3) is 2.11. The molecule has 2 aromatic rings. The predicted octanol–water partition coefficient (Wildman–Crippen LogP) is 3.86. The van der Waals surface area contributed by atoms with E-state index in [-0.39, 0.29) is 5.56 Å². The monoisotopic (exact) mass is 275 g/mol. The van der Waals surface area contributed by atoms with Gasteiger partial charge in [0.25, 0.3) is 0 Å². The number of methoxy groups -OCH3 is 1. The van der Waals surface area contributed by atoms with Gasteiger partial charge in [-0.3, -0.25) is 0 Å². The molecule has 1 atom stereocenters. The Morgan fingerprint density at radius 3 is 2.80 bits per heavy atom. The van der Waals surface area contributed by atoms with Crippen molar-refractivity contribution in [2.24, 2.45) is 0 Å². The molecule has 0 aliphatic carbocycles. The summed E-state index contributed by atoms with van der Waals surface area (Å²) in [5, 5.41) is 3.17. The van der Waals surface area contributed by atoms with E-state index < -0.39 is 12.0 Å². The normalized spacial score (nSPS) is 14.6. The predicted molar refractivity (Wildman–Crippen MR) is 74.5 cm³/mol. The molecule has 0 saturated heterocycles. The van der Waals surface area contributed by atoms with Crippen LogP contribution in [0.15, 0.2) is 36.4 Å². The van der Waals surface area contributed by atoms with Crippen molar-refractivity contribution in [3.05, 3.63) is 58.9 Å². The van der Waals surface area contributed by atoms with E-state index in [2.05, 4.69) is 5.32 Å². The summed E-state index contributed by atoms with van der Waals surface area (Å²) in [6.45, 7) is 0.796. The Kier molecular flexibility index (Phi) is 3.30. The number of para-hydroxylation sites is 1. The van der Waals surface area contributed by atoms with E-state index >= 15 is 0 Å². The van der Waals surface area contributed by atoms with Gasteiger partial charge < -0.3 is 10.1 Å². The average molecular weight is 275 g/mol. The lowest BCUT2D eigenvalue weighted by Gasteiger charge is -2.15. The molecule has 0 spiro atoms. The molecular formula is C16H15F2NO. The highest BCUT2D eigenvalue weighted by Crippen LogP contribution is 2.37. The van der Waals surface area contributed by atoms with Crippen molar-refractivity contribution >= 4 is 5.69 Å². The van der Waals surface area contributed by atoms with Crippen molar-refractivity contribution in [1.29, 1.82) is 0 Å². The minimum Gasteiger partial charge on any atom is -0.497 e. The standard InChI is InChI=1S/C16H15F2NO/c1-20-11-5-6-12(14(17)9-11)15(18)13-4-2-3-10-7-8-19-16(10)13/h2-6,9,15,19H,7-8H2,1H3. The summed E-state index contributed by atoms with van der Waals surface area (Å²) in [4.78, 5) is 0. The first kappa shape index (κ1) is 12.9. The van der Waals surface area contributed by atoms with Gasteiger partial charge in [-0.25, -0.2) is 8.78 Å². The smallest absolute Gasteiger partial charge is 0.155 e. The van der Waals surface area contributed by atoms with Crippen LogP contribution in [0.2, 0.25) is 0 Å². The maximum absolute atomic E-state index is 14.7. The molecule has 20 heavy (non-hydrogen) atoms. The molecule has 1 heterocycles. The fourth-order valence-electron chi connectivity index (χ4n) is 2.59. The molecule has 2 nitrogen and oxygen atoms in total. The van der Waals surface area contributed by atoms with Gasteiger partial charge in [0.15, 0.2) is 6.17 Å². The highest BCUT2D eigenvalue weighted by Gasteiger charge is 2.23. The van der Waals surface area contributed by atoms with Crippen LogP contribution in [0, 0.1) is 5.82 Å². The molecule has 0 fully saturated rings. The molecule has 4 heteroatoms. The van der Waals surface area contributed by atoms with Crippen LogP contribution in [0.5, 0.6) is 5.75 Å². The SMILES string of the molecule is COc1ccc(C(F)c2cccc3c2NCC3)c(F)c1. The van der Waals surface area contributed by atoms with E-state index in [0.29, 0.717) is 11.3 Å². The van der Waals surface area contributed by atoms with E-state index in [0.717, 1.165) is 24.2 Å². The van der Waals surface area contributed by atoms with Gasteiger partial charge >= 0.3 is 0 Å². The molecular weight excluding hydrogens is 260 g/mol. The van der Waals surface area contributed by atoms with Crippen molar-refractivity contribution < 1.29 is 13.5 Å². The van der Waals surface area contributed by atoms with E-state index in [9.17, 15) is 8.78 Å². The molecule has 0 amide bonds. The number of fused-ring (bicyclic) bond motifs is 1. The first-order valence-corrected chi connectivity index (χ1v) is 6.54. The molecule has 0 saturated carbocycles. The summed E-state index contributed by atoms with van der Waals surface area (Å²) in [7, 11) is 1.45. The molecule has 1 aliphatic rings. The zero-order valence-electron chi connectivity index (χ0n) is 11.1.